The molecule has 2 aromatic rings. The van der Waals surface area contributed by atoms with Crippen molar-refractivity contribution >= 4 is 23.4 Å². The van der Waals surface area contributed by atoms with Gasteiger partial charge >= 0.3 is 5.97 Å². The molecular weight excluding hydrogens is 382 g/mol. The molecule has 1 aliphatic carbocycles. The number of hydrogen-bond donors (Lipinski definition) is 2. The summed E-state index contributed by atoms with van der Waals surface area (Å²) in [5.74, 6) is -0.202. The van der Waals surface area contributed by atoms with Crippen LogP contribution in [-0.2, 0) is 6.54 Å². The summed E-state index contributed by atoms with van der Waals surface area (Å²) >= 11 is 1.29. The summed E-state index contributed by atoms with van der Waals surface area (Å²) in [4.78, 5) is 18.0. The minimum Gasteiger partial charge on any atom is -0.477 e. The fourth-order valence-corrected chi connectivity index (χ4v) is 5.06. The highest BCUT2D eigenvalue weighted by molar-refractivity contribution is 7.13. The van der Waals surface area contributed by atoms with E-state index in [9.17, 15) is 4.79 Å². The first kappa shape index (κ1) is 20.3. The Morgan fingerprint density at radius 2 is 2.07 bits per heavy atom. The number of carboxylic acid groups (broad SMARTS) is 1. The van der Waals surface area contributed by atoms with E-state index in [2.05, 4.69) is 58.5 Å². The van der Waals surface area contributed by atoms with Crippen LogP contribution in [0.15, 0.2) is 42.1 Å². The summed E-state index contributed by atoms with van der Waals surface area (Å²) in [5.41, 5.74) is 2.86. The number of aromatic nitrogens is 1. The van der Waals surface area contributed by atoms with Gasteiger partial charge in [0.05, 0.1) is 12.7 Å². The van der Waals surface area contributed by atoms with Crippen molar-refractivity contribution in [2.24, 2.45) is 5.92 Å². The molecule has 0 unspecified atom stereocenters. The van der Waals surface area contributed by atoms with Crippen LogP contribution in [0.5, 0.6) is 0 Å². The summed E-state index contributed by atoms with van der Waals surface area (Å²) < 4.78 is 0. The van der Waals surface area contributed by atoms with E-state index in [1.165, 1.54) is 29.5 Å². The van der Waals surface area contributed by atoms with E-state index in [0.29, 0.717) is 22.9 Å². The molecule has 1 aliphatic heterocycles. The van der Waals surface area contributed by atoms with Gasteiger partial charge < -0.3 is 10.4 Å². The van der Waals surface area contributed by atoms with E-state index in [1.54, 1.807) is 5.57 Å². The summed E-state index contributed by atoms with van der Waals surface area (Å²) in [7, 11) is 0. The van der Waals surface area contributed by atoms with Crippen LogP contribution >= 0.6 is 11.3 Å². The van der Waals surface area contributed by atoms with Crippen LogP contribution in [-0.4, -0.2) is 46.1 Å². The zero-order chi connectivity index (χ0) is 20.2. The zero-order valence-electron chi connectivity index (χ0n) is 16.9. The molecule has 0 bridgehead atoms. The van der Waals surface area contributed by atoms with Gasteiger partial charge in [-0.15, -0.1) is 11.3 Å². The Morgan fingerprint density at radius 1 is 1.31 bits per heavy atom. The van der Waals surface area contributed by atoms with Crippen LogP contribution in [0.1, 0.15) is 52.8 Å². The summed E-state index contributed by atoms with van der Waals surface area (Å²) in [6, 6.07) is 11.8. The maximum atomic E-state index is 11.0. The van der Waals surface area contributed by atoms with Crippen molar-refractivity contribution in [1.29, 1.82) is 0 Å². The third kappa shape index (κ3) is 5.32. The van der Waals surface area contributed by atoms with Crippen molar-refractivity contribution in [3.8, 4) is 0 Å². The Hall–Kier alpha value is -2.02. The number of aromatic carboxylic acids is 1. The number of likely N-dealkylation sites (tertiary alicyclic amines) is 1. The molecule has 0 radical (unpaired) electrons. The minimum atomic E-state index is -0.886. The Bertz CT molecular complexity index is 856. The smallest absolute Gasteiger partial charge is 0.347 e. The SMILES string of the molecule is CC/C(=C\c1ccccc1)[C@@H]1C[C@H]1NC1CCN(Cc2ncc(C(=O)O)s2)CC1. The molecule has 0 amide bonds. The van der Waals surface area contributed by atoms with Crippen molar-refractivity contribution in [3.05, 3.63) is 57.6 Å². The monoisotopic (exact) mass is 411 g/mol. The van der Waals surface area contributed by atoms with Gasteiger partial charge in [-0.25, -0.2) is 9.78 Å². The van der Waals surface area contributed by atoms with Gasteiger partial charge in [-0.1, -0.05) is 48.9 Å². The topological polar surface area (TPSA) is 65.5 Å². The molecule has 2 aliphatic rings. The molecule has 1 aromatic carbocycles. The molecule has 154 valence electrons. The predicted molar refractivity (Wildman–Crippen MR) is 117 cm³/mol. The standard InChI is InChI=1S/C23H29N3O2S/c1-2-17(12-16-6-4-3-5-7-16)19-13-20(19)25-18-8-10-26(11-9-18)15-22-24-14-21(29-22)23(27)28/h3-7,12,14,18-20,25H,2,8-11,13,15H2,1H3,(H,27,28)/b17-12+/t19-,20+/m0/s1. The lowest BCUT2D eigenvalue weighted by Crippen LogP contribution is -2.43. The molecule has 0 spiro atoms. The normalized spacial score (nSPS) is 23.3. The minimum absolute atomic E-state index is 0.326. The van der Waals surface area contributed by atoms with E-state index in [4.69, 9.17) is 5.11 Å². The van der Waals surface area contributed by atoms with Crippen LogP contribution in [0.25, 0.3) is 6.08 Å². The van der Waals surface area contributed by atoms with Crippen LogP contribution in [0.2, 0.25) is 0 Å². The number of piperidine rings is 1. The molecule has 1 aromatic heterocycles. The van der Waals surface area contributed by atoms with Crippen molar-refractivity contribution in [3.63, 3.8) is 0 Å². The number of nitrogens with zero attached hydrogens (tertiary/aromatic N) is 2. The number of carbonyl (C=O) groups is 1. The lowest BCUT2D eigenvalue weighted by molar-refractivity contribution is 0.0702. The molecule has 2 N–H and O–H groups in total. The first-order valence-corrected chi connectivity index (χ1v) is 11.4. The van der Waals surface area contributed by atoms with E-state index in [1.807, 2.05) is 0 Å². The first-order chi connectivity index (χ1) is 14.1. The van der Waals surface area contributed by atoms with Gasteiger partial charge in [-0.05, 0) is 37.2 Å². The van der Waals surface area contributed by atoms with Crippen molar-refractivity contribution in [2.75, 3.05) is 13.1 Å². The third-order valence-electron chi connectivity index (χ3n) is 5.99. The third-order valence-corrected chi connectivity index (χ3v) is 6.96. The highest BCUT2D eigenvalue weighted by Gasteiger charge is 2.40. The van der Waals surface area contributed by atoms with E-state index in [-0.39, 0.29) is 0 Å². The Morgan fingerprint density at radius 3 is 2.72 bits per heavy atom. The fraction of sp³-hybridized carbons (Fsp3) is 0.478. The van der Waals surface area contributed by atoms with E-state index in [0.717, 1.165) is 43.9 Å². The van der Waals surface area contributed by atoms with Gasteiger partial charge in [0.15, 0.2) is 0 Å². The molecule has 5 nitrogen and oxygen atoms in total. The molecule has 29 heavy (non-hydrogen) atoms. The molecule has 1 saturated carbocycles. The Balaban J connectivity index is 1.23. The Labute approximate surface area is 176 Å². The van der Waals surface area contributed by atoms with Crippen molar-refractivity contribution < 1.29 is 9.90 Å². The average molecular weight is 412 g/mol. The van der Waals surface area contributed by atoms with Crippen LogP contribution in [0, 0.1) is 5.92 Å². The maximum Gasteiger partial charge on any atom is 0.347 e. The Kier molecular flexibility index (Phi) is 6.43. The zero-order valence-corrected chi connectivity index (χ0v) is 17.7. The molecule has 2 atom stereocenters. The predicted octanol–water partition coefficient (Wildman–Crippen LogP) is 4.28. The van der Waals surface area contributed by atoms with E-state index >= 15 is 0 Å². The van der Waals surface area contributed by atoms with Crippen LogP contribution in [0.4, 0.5) is 0 Å². The second-order valence-corrected chi connectivity index (χ2v) is 9.19. The molecular formula is C23H29N3O2S. The molecule has 1 saturated heterocycles. The second kappa shape index (κ2) is 9.20. The first-order valence-electron chi connectivity index (χ1n) is 10.5. The number of rotatable bonds is 8. The van der Waals surface area contributed by atoms with Gasteiger partial charge in [0.25, 0.3) is 0 Å². The molecule has 6 heteroatoms. The van der Waals surface area contributed by atoms with Gasteiger partial charge in [0.2, 0.25) is 0 Å². The van der Waals surface area contributed by atoms with Crippen molar-refractivity contribution in [1.82, 2.24) is 15.2 Å². The summed E-state index contributed by atoms with van der Waals surface area (Å²) in [6.45, 7) is 5.10. The summed E-state index contributed by atoms with van der Waals surface area (Å²) in [5, 5.41) is 13.8. The van der Waals surface area contributed by atoms with Gasteiger partial charge in [0.1, 0.15) is 9.88 Å². The number of carboxylic acids is 1. The highest BCUT2D eigenvalue weighted by Crippen LogP contribution is 2.40. The quantitative estimate of drug-likeness (QED) is 0.679. The average Bonchev–Trinajstić information content (AvgIpc) is 3.32. The number of benzene rings is 1. The number of thiazole rings is 1. The van der Waals surface area contributed by atoms with Gasteiger partial charge in [-0.3, -0.25) is 4.90 Å². The molecule has 2 fully saturated rings. The maximum absolute atomic E-state index is 11.0. The van der Waals surface area contributed by atoms with Crippen molar-refractivity contribution in [2.45, 2.75) is 51.2 Å². The molecule has 4 rings (SSSR count). The van der Waals surface area contributed by atoms with Gasteiger partial charge in [-0.2, -0.15) is 0 Å². The number of nitrogens with one attached hydrogen (secondary N) is 1. The largest absolute Gasteiger partial charge is 0.477 e. The second-order valence-electron chi connectivity index (χ2n) is 8.07. The lowest BCUT2D eigenvalue weighted by atomic mass is 10.0. The molecule has 2 heterocycles. The van der Waals surface area contributed by atoms with Gasteiger partial charge in [0, 0.05) is 25.2 Å². The summed E-state index contributed by atoms with van der Waals surface area (Å²) in [6.07, 6.45) is 8.49. The van der Waals surface area contributed by atoms with Crippen LogP contribution in [0.3, 0.4) is 0 Å². The van der Waals surface area contributed by atoms with E-state index < -0.39 is 5.97 Å². The highest BCUT2D eigenvalue weighted by atomic mass is 32.1. The lowest BCUT2D eigenvalue weighted by Gasteiger charge is -2.32. The number of hydrogen-bond acceptors (Lipinski definition) is 5. The fourth-order valence-electron chi connectivity index (χ4n) is 4.26. The van der Waals surface area contributed by atoms with Crippen LogP contribution < -0.4 is 5.32 Å².